The topological polar surface area (TPSA) is 397 Å². The van der Waals surface area contributed by atoms with Crippen molar-refractivity contribution in [2.75, 3.05) is 37.9 Å². The van der Waals surface area contributed by atoms with Crippen LogP contribution in [0.3, 0.4) is 0 Å². The van der Waals surface area contributed by atoms with E-state index in [0.29, 0.717) is 0 Å². The monoisotopic (exact) mass is 879 g/mol. The lowest BCUT2D eigenvalue weighted by atomic mass is 10.1. The van der Waals surface area contributed by atoms with E-state index in [1.165, 1.54) is 23.9 Å². The Hall–Kier alpha value is -4.31. The fraction of sp³-hybridized carbons (Fsp3) is 0.567. The van der Waals surface area contributed by atoms with Gasteiger partial charge in [0.1, 0.15) is 48.2 Å². The predicted octanol–water partition coefficient (Wildman–Crippen LogP) is -2.86. The summed E-state index contributed by atoms with van der Waals surface area (Å²) in [4.78, 5) is 83.7. The van der Waals surface area contributed by atoms with Gasteiger partial charge in [0.2, 0.25) is 5.91 Å². The van der Waals surface area contributed by atoms with Crippen LogP contribution in [0.2, 0.25) is 0 Å². The number of allylic oxidation sites excluding steroid dienone is 1. The van der Waals surface area contributed by atoms with Gasteiger partial charge in [0.05, 0.1) is 38.9 Å². The Labute approximate surface area is 332 Å². The number of amides is 1. The number of fused-ring (bicyclic) bond motifs is 1. The predicted molar refractivity (Wildman–Crippen MR) is 195 cm³/mol. The van der Waals surface area contributed by atoms with Gasteiger partial charge >= 0.3 is 27.3 Å². The summed E-state index contributed by atoms with van der Waals surface area (Å²) in [6, 6.07) is -0.337. The van der Waals surface area contributed by atoms with E-state index >= 15 is 0 Å². The average Bonchev–Trinajstić information content (AvgIpc) is 3.81. The maximum absolute atomic E-state index is 13.6. The number of aromatic nitrogens is 6. The van der Waals surface area contributed by atoms with Crippen LogP contribution in [0.4, 0.5) is 11.6 Å². The first kappa shape index (κ1) is 45.8. The fourth-order valence-electron chi connectivity index (χ4n) is 5.88. The number of hydrogen-bond acceptors (Lipinski definition) is 21. The molecule has 27 nitrogen and oxygen atoms in total. The minimum absolute atomic E-state index is 0.0305. The largest absolute Gasteiger partial charge is 0.472 e. The molecule has 3 unspecified atom stereocenters. The number of imidazole rings is 1. The molecule has 0 aliphatic carbocycles. The van der Waals surface area contributed by atoms with Crippen molar-refractivity contribution in [2.45, 2.75) is 81.0 Å². The maximum Gasteiger partial charge on any atom is 0.472 e. The number of phosphoric acid groups is 2. The van der Waals surface area contributed by atoms with E-state index in [9.17, 15) is 53.5 Å². The van der Waals surface area contributed by atoms with Gasteiger partial charge in [-0.2, -0.15) is 4.98 Å². The smallest absolute Gasteiger partial charge is 0.455 e. The quantitative estimate of drug-likeness (QED) is 0.0313. The number of aliphatic hydroxyl groups excluding tert-OH is 3. The lowest BCUT2D eigenvalue weighted by Gasteiger charge is -2.26. The van der Waals surface area contributed by atoms with E-state index in [0.717, 1.165) is 23.2 Å². The first-order valence-corrected chi connectivity index (χ1v) is 20.5. The zero-order valence-corrected chi connectivity index (χ0v) is 32.7. The molecule has 59 heavy (non-hydrogen) atoms. The molecule has 326 valence electrons. The van der Waals surface area contributed by atoms with Crippen molar-refractivity contribution in [1.29, 1.82) is 0 Å². The first-order chi connectivity index (χ1) is 27.8. The SMILES string of the molecule is C=CCCC(=O)NC(COCC(C)O)C(=O)O[C@H]1[C@@H](O)[C@H](n2cnc3c(N)ncnc32)O[C@@H]1COP(=O)(O)O[C@H]1[C@@H](O)[C@H](n2ccc(N)nc2=O)O[C@@H]1COP(=O)(O)O. The van der Waals surface area contributed by atoms with E-state index in [4.69, 9.17) is 39.5 Å². The van der Waals surface area contributed by atoms with Crippen molar-refractivity contribution < 1.29 is 81.2 Å². The van der Waals surface area contributed by atoms with E-state index in [1.807, 2.05) is 0 Å². The number of nitrogens with one attached hydrogen (secondary N) is 1. The molecule has 5 heterocycles. The number of hydrogen-bond donors (Lipinski definition) is 9. The number of rotatable bonds is 20. The fourth-order valence-corrected chi connectivity index (χ4v) is 7.19. The highest BCUT2D eigenvalue weighted by Crippen LogP contribution is 2.50. The van der Waals surface area contributed by atoms with Crippen molar-refractivity contribution in [2.24, 2.45) is 0 Å². The third kappa shape index (κ3) is 11.7. The van der Waals surface area contributed by atoms with E-state index in [1.54, 1.807) is 0 Å². The Morgan fingerprint density at radius 1 is 1.02 bits per heavy atom. The number of aliphatic hydroxyl groups is 3. The van der Waals surface area contributed by atoms with Gasteiger partial charge in [-0.15, -0.1) is 6.58 Å². The first-order valence-electron chi connectivity index (χ1n) is 17.5. The van der Waals surface area contributed by atoms with Gasteiger partial charge in [-0.25, -0.2) is 33.7 Å². The van der Waals surface area contributed by atoms with Gasteiger partial charge in [-0.05, 0) is 19.4 Å². The molecular formula is C30H43N9O18P2. The molecule has 11 atom stereocenters. The highest BCUT2D eigenvalue weighted by Gasteiger charge is 2.52. The molecule has 0 radical (unpaired) electrons. The van der Waals surface area contributed by atoms with Crippen molar-refractivity contribution in [3.8, 4) is 0 Å². The van der Waals surface area contributed by atoms with Crippen LogP contribution in [0.1, 0.15) is 32.2 Å². The van der Waals surface area contributed by atoms with Crippen molar-refractivity contribution in [1.82, 2.24) is 34.4 Å². The summed E-state index contributed by atoms with van der Waals surface area (Å²) in [7, 11) is -10.6. The number of phosphoric ester groups is 2. The highest BCUT2D eigenvalue weighted by atomic mass is 31.2. The highest BCUT2D eigenvalue weighted by molar-refractivity contribution is 7.47. The number of esters is 1. The number of ether oxygens (including phenoxy) is 4. The Bertz CT molecular complexity index is 2120. The molecule has 3 aromatic heterocycles. The lowest BCUT2D eigenvalue weighted by Crippen LogP contribution is -2.48. The molecule has 1 amide bonds. The molecule has 2 fully saturated rings. The van der Waals surface area contributed by atoms with E-state index in [2.05, 4.69) is 36.4 Å². The van der Waals surface area contributed by atoms with E-state index < -0.39 is 114 Å². The average molecular weight is 880 g/mol. The number of nitrogens with two attached hydrogens (primary N) is 2. The van der Waals surface area contributed by atoms with Crippen LogP contribution in [-0.4, -0.2) is 146 Å². The molecule has 0 spiro atoms. The number of nitrogen functional groups attached to an aromatic ring is 2. The zero-order valence-electron chi connectivity index (χ0n) is 30.9. The van der Waals surface area contributed by atoms with Crippen molar-refractivity contribution >= 4 is 50.3 Å². The van der Waals surface area contributed by atoms with Crippen LogP contribution in [-0.2, 0) is 51.2 Å². The number of carbonyl (C=O) groups is 2. The second-order valence-electron chi connectivity index (χ2n) is 13.1. The molecule has 5 rings (SSSR count). The zero-order chi connectivity index (χ0) is 43.2. The Kier molecular flexibility index (Phi) is 15.0. The summed E-state index contributed by atoms with van der Waals surface area (Å²) in [6.45, 7) is 2.21. The van der Waals surface area contributed by atoms with Gasteiger partial charge < -0.3 is 65.7 Å². The molecule has 29 heteroatoms. The molecule has 0 aromatic carbocycles. The molecule has 0 bridgehead atoms. The maximum atomic E-state index is 13.6. The van der Waals surface area contributed by atoms with Crippen molar-refractivity contribution in [3.63, 3.8) is 0 Å². The Balaban J connectivity index is 1.39. The van der Waals surface area contributed by atoms with E-state index in [-0.39, 0.29) is 42.2 Å². The van der Waals surface area contributed by atoms with Crippen LogP contribution in [0, 0.1) is 0 Å². The molecular weight excluding hydrogens is 836 g/mol. The Morgan fingerprint density at radius 3 is 2.34 bits per heavy atom. The van der Waals surface area contributed by atoms with Gasteiger partial charge in [0.15, 0.2) is 36.1 Å². The number of nitrogens with zero attached hydrogens (tertiary/aromatic N) is 6. The molecule has 2 saturated heterocycles. The van der Waals surface area contributed by atoms with Crippen LogP contribution in [0.15, 0.2) is 42.4 Å². The van der Waals surface area contributed by atoms with Crippen LogP contribution >= 0.6 is 15.6 Å². The molecule has 3 aromatic rings. The standard InChI is InChI=1S/C30H43N9O18P2/c1-3-4-5-19(41)36-15(9-51-8-14(2)40)29(44)56-23-16(54-28(21(23)42)39-13-35-20-25(32)33-12-34-26(20)39)11-53-59(49,50)57-24-17(10-52-58(46,47)48)55-27(22(24)43)38-7-6-18(31)37-30(38)45/h3,6-7,12-17,21-24,27-28,40,42-43H,1,4-5,8-11H2,2H3,(H,36,41)(H,49,50)(H2,31,37,45)(H2,32,33,34)(H2,46,47,48)/t14?,15?,16-,17-,21-,22-,23-,24-,27-,28-/m1/s1. The summed E-state index contributed by atoms with van der Waals surface area (Å²) in [5.41, 5.74) is 10.6. The second kappa shape index (κ2) is 19.4. The normalized spacial score (nSPS) is 26.6. The molecule has 0 saturated carbocycles. The lowest BCUT2D eigenvalue weighted by molar-refractivity contribution is -0.162. The summed E-state index contributed by atoms with van der Waals surface area (Å²) >= 11 is 0. The summed E-state index contributed by atoms with van der Waals surface area (Å²) < 4.78 is 64.3. The van der Waals surface area contributed by atoms with Crippen molar-refractivity contribution in [3.05, 3.63) is 48.1 Å². The van der Waals surface area contributed by atoms with Gasteiger partial charge in [0.25, 0.3) is 0 Å². The van der Waals surface area contributed by atoms with Crippen LogP contribution in [0.25, 0.3) is 11.2 Å². The Morgan fingerprint density at radius 2 is 1.68 bits per heavy atom. The summed E-state index contributed by atoms with van der Waals surface area (Å²) in [5.74, 6) is -1.99. The van der Waals surface area contributed by atoms with Gasteiger partial charge in [-0.3, -0.25) is 27.5 Å². The minimum Gasteiger partial charge on any atom is -0.455 e. The number of carbonyl (C=O) groups excluding carboxylic acids is 2. The summed E-state index contributed by atoms with van der Waals surface area (Å²) in [6.07, 6.45) is -9.99. The summed E-state index contributed by atoms with van der Waals surface area (Å²) in [5, 5.41) is 34.7. The van der Waals surface area contributed by atoms with Gasteiger partial charge in [-0.1, -0.05) is 6.08 Å². The minimum atomic E-state index is -5.43. The van der Waals surface area contributed by atoms with Gasteiger partial charge in [0, 0.05) is 12.6 Å². The van der Waals surface area contributed by atoms with Crippen LogP contribution in [0.5, 0.6) is 0 Å². The number of anilines is 2. The molecule has 2 aliphatic rings. The third-order valence-electron chi connectivity index (χ3n) is 8.56. The second-order valence-corrected chi connectivity index (χ2v) is 15.7. The molecule has 11 N–H and O–H groups in total. The molecule has 2 aliphatic heterocycles. The third-order valence-corrected chi connectivity index (χ3v) is 10.0. The van der Waals surface area contributed by atoms with Crippen LogP contribution < -0.4 is 22.5 Å².